The maximum absolute atomic E-state index is 14.0. The lowest BCUT2D eigenvalue weighted by atomic mass is 9.50. The van der Waals surface area contributed by atoms with Gasteiger partial charge in [-0.3, -0.25) is 19.2 Å². The van der Waals surface area contributed by atoms with Crippen LogP contribution >= 0.6 is 0 Å². The molecule has 0 saturated heterocycles. The molecule has 0 aliphatic heterocycles. The van der Waals surface area contributed by atoms with Gasteiger partial charge in [0.15, 0.2) is 18.0 Å². The number of Topliss-reactive ketones (excluding diaryl/α,β-unsaturated/α-hetero) is 1. The molecule has 5 atom stereocenters. The average molecular weight is 548 g/mol. The molecule has 0 aromatic heterocycles. The summed E-state index contributed by atoms with van der Waals surface area (Å²) in [6, 6.07) is 8.59. The van der Waals surface area contributed by atoms with Crippen LogP contribution in [0.1, 0.15) is 83.6 Å². The molecule has 0 amide bonds. The number of esters is 2. The van der Waals surface area contributed by atoms with E-state index >= 15 is 0 Å². The van der Waals surface area contributed by atoms with Crippen molar-refractivity contribution in [3.05, 3.63) is 52.6 Å². The Labute approximate surface area is 237 Å². The van der Waals surface area contributed by atoms with Gasteiger partial charge < -0.3 is 14.4 Å². The highest BCUT2D eigenvalue weighted by molar-refractivity contribution is 5.94. The number of carbonyl (C=O) groups excluding carboxylic acids is 4. The number of ether oxygens (including phenoxy) is 2. The van der Waals surface area contributed by atoms with E-state index in [0.29, 0.717) is 19.3 Å². The number of hydrogen-bond acceptors (Lipinski definition) is 7. The zero-order valence-electron chi connectivity index (χ0n) is 24.4. The summed E-state index contributed by atoms with van der Waals surface area (Å²) in [4.78, 5) is 52.8. The molecular weight excluding hydrogens is 506 g/mol. The second kappa shape index (κ2) is 10.6. The van der Waals surface area contributed by atoms with E-state index in [1.54, 1.807) is 6.92 Å². The summed E-state index contributed by atoms with van der Waals surface area (Å²) in [5.74, 6) is -0.683. The highest BCUT2D eigenvalue weighted by Crippen LogP contribution is 2.67. The monoisotopic (exact) mass is 547 g/mol. The summed E-state index contributed by atoms with van der Waals surface area (Å²) in [6.45, 7) is 4.77. The molecule has 0 heterocycles. The van der Waals surface area contributed by atoms with Gasteiger partial charge >= 0.3 is 11.9 Å². The molecule has 1 aromatic rings. The zero-order valence-corrected chi connectivity index (χ0v) is 24.4. The Morgan fingerprint density at radius 3 is 2.42 bits per heavy atom. The molecule has 0 radical (unpaired) electrons. The molecule has 4 aliphatic rings. The predicted molar refractivity (Wildman–Crippen MR) is 152 cm³/mol. The van der Waals surface area contributed by atoms with Crippen molar-refractivity contribution in [2.45, 2.75) is 83.7 Å². The number of nitrogens with zero attached hydrogens (tertiary/aromatic N) is 1. The molecule has 0 bridgehead atoms. The summed E-state index contributed by atoms with van der Waals surface area (Å²) >= 11 is 0. The van der Waals surface area contributed by atoms with Crippen molar-refractivity contribution < 1.29 is 28.7 Å². The van der Waals surface area contributed by atoms with E-state index in [0.717, 1.165) is 31.4 Å². The van der Waals surface area contributed by atoms with Gasteiger partial charge in [-0.15, -0.1) is 0 Å². The lowest BCUT2D eigenvalue weighted by molar-refractivity contribution is -0.186. The minimum absolute atomic E-state index is 0.0217. The first-order valence-electron chi connectivity index (χ1n) is 14.6. The molecule has 5 rings (SSSR count). The summed E-state index contributed by atoms with van der Waals surface area (Å²) < 4.78 is 11.4. The van der Waals surface area contributed by atoms with Crippen LogP contribution in [-0.4, -0.2) is 49.8 Å². The molecule has 7 heteroatoms. The summed E-state index contributed by atoms with van der Waals surface area (Å²) in [6.07, 6.45) is 6.87. The van der Waals surface area contributed by atoms with Gasteiger partial charge in [-0.25, -0.2) is 0 Å². The van der Waals surface area contributed by atoms with E-state index in [2.05, 4.69) is 36.1 Å². The number of allylic oxidation sites excluding steroid dienone is 4. The molecule has 40 heavy (non-hydrogen) atoms. The van der Waals surface area contributed by atoms with Crippen LogP contribution in [0.4, 0.5) is 5.69 Å². The molecule has 2 fully saturated rings. The van der Waals surface area contributed by atoms with E-state index < -0.39 is 29.6 Å². The van der Waals surface area contributed by atoms with E-state index in [1.165, 1.54) is 29.2 Å². The Kier molecular flexibility index (Phi) is 7.53. The van der Waals surface area contributed by atoms with Gasteiger partial charge in [0.1, 0.15) is 0 Å². The van der Waals surface area contributed by atoms with Gasteiger partial charge in [0.25, 0.3) is 0 Å². The first-order valence-corrected chi connectivity index (χ1v) is 14.6. The first kappa shape index (κ1) is 28.3. The second-order valence-electron chi connectivity index (χ2n) is 12.4. The van der Waals surface area contributed by atoms with Gasteiger partial charge in [-0.1, -0.05) is 31.6 Å². The van der Waals surface area contributed by atoms with Gasteiger partial charge in [-0.2, -0.15) is 0 Å². The number of benzene rings is 1. The van der Waals surface area contributed by atoms with Crippen molar-refractivity contribution in [3.63, 3.8) is 0 Å². The maximum atomic E-state index is 14.0. The van der Waals surface area contributed by atoms with Gasteiger partial charge in [0.2, 0.25) is 5.78 Å². The number of hydrogen-bond donors (Lipinski definition) is 0. The lowest BCUT2D eigenvalue weighted by Crippen LogP contribution is -2.58. The third-order valence-electron chi connectivity index (χ3n) is 10.1. The van der Waals surface area contributed by atoms with Crippen molar-refractivity contribution in [2.24, 2.45) is 17.3 Å². The number of ketones is 2. The van der Waals surface area contributed by atoms with Crippen molar-refractivity contribution in [3.8, 4) is 0 Å². The van der Waals surface area contributed by atoms with Crippen LogP contribution in [0.15, 0.2) is 47.1 Å². The summed E-state index contributed by atoms with van der Waals surface area (Å²) in [5.41, 5.74) is 4.19. The minimum Gasteiger partial charge on any atom is -0.457 e. The smallest absolute Gasteiger partial charge is 0.305 e. The molecule has 2 saturated carbocycles. The predicted octanol–water partition coefficient (Wildman–Crippen LogP) is 5.48. The van der Waals surface area contributed by atoms with Crippen LogP contribution in [-0.2, 0) is 28.7 Å². The molecule has 0 spiro atoms. The molecule has 214 valence electrons. The molecule has 0 N–H and O–H groups in total. The number of rotatable bonds is 7. The Morgan fingerprint density at radius 2 is 1.77 bits per heavy atom. The van der Waals surface area contributed by atoms with Crippen molar-refractivity contribution >= 4 is 29.2 Å². The molecular formula is C33H41NO6. The zero-order chi connectivity index (χ0) is 28.8. The highest BCUT2D eigenvalue weighted by Gasteiger charge is 2.68. The topological polar surface area (TPSA) is 90.0 Å². The molecule has 3 unspecified atom stereocenters. The second-order valence-corrected chi connectivity index (χ2v) is 12.4. The van der Waals surface area contributed by atoms with E-state index in [9.17, 15) is 19.2 Å². The van der Waals surface area contributed by atoms with E-state index in [-0.39, 0.29) is 35.7 Å². The van der Waals surface area contributed by atoms with Gasteiger partial charge in [0, 0.05) is 50.9 Å². The Balaban J connectivity index is 1.64. The molecule has 1 aromatic carbocycles. The van der Waals surface area contributed by atoms with Crippen molar-refractivity contribution in [1.82, 2.24) is 0 Å². The summed E-state index contributed by atoms with van der Waals surface area (Å²) in [7, 11) is 4.03. The Bertz CT molecular complexity index is 1290. The largest absolute Gasteiger partial charge is 0.457 e. The average Bonchev–Trinajstić information content (AvgIpc) is 3.22. The van der Waals surface area contributed by atoms with Gasteiger partial charge in [-0.05, 0) is 85.3 Å². The quantitative estimate of drug-likeness (QED) is 0.418. The minimum atomic E-state index is -1.35. The number of anilines is 1. The summed E-state index contributed by atoms with van der Waals surface area (Å²) in [5, 5.41) is 0. The van der Waals surface area contributed by atoms with Gasteiger partial charge in [0.05, 0.1) is 0 Å². The van der Waals surface area contributed by atoms with E-state index in [1.807, 2.05) is 20.2 Å². The number of fused-ring (bicyclic) bond motifs is 4. The van der Waals surface area contributed by atoms with Crippen molar-refractivity contribution in [1.29, 1.82) is 0 Å². The van der Waals surface area contributed by atoms with Crippen molar-refractivity contribution in [2.75, 3.05) is 25.6 Å². The van der Waals surface area contributed by atoms with Crippen LogP contribution in [0, 0.1) is 17.3 Å². The third kappa shape index (κ3) is 4.61. The van der Waals surface area contributed by atoms with Crippen LogP contribution in [0.25, 0.3) is 0 Å². The van der Waals surface area contributed by atoms with Crippen LogP contribution < -0.4 is 4.90 Å². The molecule has 7 nitrogen and oxygen atoms in total. The molecule has 4 aliphatic carbocycles. The lowest BCUT2D eigenvalue weighted by Gasteiger charge is -2.55. The Hall–Kier alpha value is -3.22. The number of carbonyl (C=O) groups is 4. The normalized spacial score (nSPS) is 31.0. The standard InChI is InChI=1S/C33H41NO6/c1-6-30(38)39-19-29(37)33(40-20(2)35)16-15-28-26-13-9-22-17-24(36)12-14-25(22)31(26)27(18-32(28,33)3)21-7-10-23(11-8-21)34(4)5/h7-8,10-11,17,26-28H,6,9,12-16,18-19H2,1-5H3/t26?,27?,28?,32-,33-/m0/s1. The first-order chi connectivity index (χ1) is 19.0. The fraction of sp³-hybridized carbons (Fsp3) is 0.576. The fourth-order valence-electron chi connectivity index (χ4n) is 8.24. The van der Waals surface area contributed by atoms with Crippen LogP contribution in [0.5, 0.6) is 0 Å². The maximum Gasteiger partial charge on any atom is 0.305 e. The Morgan fingerprint density at radius 1 is 1.05 bits per heavy atom. The highest BCUT2D eigenvalue weighted by atomic mass is 16.6. The fourth-order valence-corrected chi connectivity index (χ4v) is 8.24. The van der Waals surface area contributed by atoms with Crippen LogP contribution in [0.2, 0.25) is 0 Å². The van der Waals surface area contributed by atoms with Crippen LogP contribution in [0.3, 0.4) is 0 Å². The SMILES string of the molecule is CCC(=O)OCC(=O)[C@@]1(OC(C)=O)CCC2C3CCC4=CC(=O)CCC4=C3C(c3ccc(N(C)C)cc3)C[C@@]21C. The third-order valence-corrected chi connectivity index (χ3v) is 10.1. The van der Waals surface area contributed by atoms with E-state index in [4.69, 9.17) is 9.47 Å².